The maximum atomic E-state index is 11.7. The number of ether oxygens (including phenoxy) is 2. The maximum absolute atomic E-state index is 11.7. The van der Waals surface area contributed by atoms with Crippen molar-refractivity contribution in [1.82, 2.24) is 0 Å². The van der Waals surface area contributed by atoms with E-state index in [4.69, 9.17) is 15.2 Å². The van der Waals surface area contributed by atoms with Crippen LogP contribution in [0.3, 0.4) is 0 Å². The van der Waals surface area contributed by atoms with E-state index in [9.17, 15) is 4.79 Å². The van der Waals surface area contributed by atoms with E-state index in [0.29, 0.717) is 32.8 Å². The summed E-state index contributed by atoms with van der Waals surface area (Å²) in [6, 6.07) is 7.57. The molecule has 0 saturated carbocycles. The lowest BCUT2D eigenvalue weighted by atomic mass is 10.2. The van der Waals surface area contributed by atoms with Crippen molar-refractivity contribution < 1.29 is 14.3 Å². The lowest BCUT2D eigenvalue weighted by Crippen LogP contribution is -2.36. The summed E-state index contributed by atoms with van der Waals surface area (Å²) in [7, 11) is 0. The number of nitrogens with two attached hydrogens (primary N) is 1. The number of anilines is 1. The average molecular weight is 264 g/mol. The van der Waals surface area contributed by atoms with Gasteiger partial charge in [0, 0.05) is 25.3 Å². The fraction of sp³-hybridized carbons (Fsp3) is 0.500. The van der Waals surface area contributed by atoms with E-state index >= 15 is 0 Å². The minimum Gasteiger partial charge on any atom is -0.376 e. The molecule has 1 heterocycles. The third kappa shape index (κ3) is 4.63. The molecule has 5 heteroatoms. The molecular weight excluding hydrogens is 244 g/mol. The Morgan fingerprint density at radius 3 is 3.00 bits per heavy atom. The molecule has 0 aliphatic carbocycles. The molecule has 1 aromatic rings. The zero-order valence-corrected chi connectivity index (χ0v) is 10.9. The van der Waals surface area contributed by atoms with Crippen molar-refractivity contribution in [1.29, 1.82) is 0 Å². The third-order valence-corrected chi connectivity index (χ3v) is 2.96. The Bertz CT molecular complexity index is 419. The largest absolute Gasteiger partial charge is 0.376 e. The van der Waals surface area contributed by atoms with Gasteiger partial charge < -0.3 is 20.5 Å². The third-order valence-electron chi connectivity index (χ3n) is 2.96. The van der Waals surface area contributed by atoms with E-state index in [-0.39, 0.29) is 12.0 Å². The highest BCUT2D eigenvalue weighted by Gasteiger charge is 2.18. The topological polar surface area (TPSA) is 73.6 Å². The summed E-state index contributed by atoms with van der Waals surface area (Å²) in [5.41, 5.74) is 7.35. The molecule has 1 aromatic carbocycles. The van der Waals surface area contributed by atoms with Gasteiger partial charge in [0.1, 0.15) is 6.10 Å². The first-order valence-electron chi connectivity index (χ1n) is 6.56. The van der Waals surface area contributed by atoms with Gasteiger partial charge in [-0.1, -0.05) is 12.1 Å². The molecule has 19 heavy (non-hydrogen) atoms. The number of benzene rings is 1. The van der Waals surface area contributed by atoms with E-state index in [0.717, 1.165) is 17.7 Å². The lowest BCUT2D eigenvalue weighted by molar-refractivity contribution is -0.131. The van der Waals surface area contributed by atoms with Crippen molar-refractivity contribution in [3.05, 3.63) is 29.8 Å². The molecule has 1 amide bonds. The number of nitrogens with one attached hydrogen (secondary N) is 1. The number of carbonyl (C=O) groups is 1. The van der Waals surface area contributed by atoms with Gasteiger partial charge in [-0.15, -0.1) is 0 Å². The smallest absolute Gasteiger partial charge is 0.224 e. The summed E-state index contributed by atoms with van der Waals surface area (Å²) in [5, 5.41) is 2.86. The lowest BCUT2D eigenvalue weighted by Gasteiger charge is -2.25. The summed E-state index contributed by atoms with van der Waals surface area (Å²) in [6.45, 7) is 2.43. The summed E-state index contributed by atoms with van der Waals surface area (Å²) >= 11 is 0. The van der Waals surface area contributed by atoms with Crippen LogP contribution in [0.4, 0.5) is 5.69 Å². The van der Waals surface area contributed by atoms with Crippen molar-refractivity contribution >= 4 is 11.6 Å². The van der Waals surface area contributed by atoms with Gasteiger partial charge >= 0.3 is 0 Å². The number of hydrogen-bond donors (Lipinski definition) is 2. The molecule has 1 aliphatic heterocycles. The van der Waals surface area contributed by atoms with Crippen LogP contribution < -0.4 is 11.1 Å². The van der Waals surface area contributed by atoms with Gasteiger partial charge in [-0.3, -0.25) is 4.79 Å². The minimum atomic E-state index is 0.00244. The number of hydrogen-bond acceptors (Lipinski definition) is 4. The molecule has 1 saturated heterocycles. The van der Waals surface area contributed by atoms with E-state index < -0.39 is 0 Å². The highest BCUT2D eigenvalue weighted by atomic mass is 16.6. The average Bonchev–Trinajstić information content (AvgIpc) is 2.36. The molecule has 0 spiro atoms. The summed E-state index contributed by atoms with van der Waals surface area (Å²) in [6.07, 6.45) is 1.41. The van der Waals surface area contributed by atoms with Crippen LogP contribution in [0.5, 0.6) is 0 Å². The molecule has 0 aromatic heterocycles. The Hall–Kier alpha value is -1.43. The number of rotatable bonds is 7. The molecule has 3 N–H and O–H groups in total. The SMILES string of the molecule is NCc1cccc(NC(=O)CCCOC2COC2)c1. The van der Waals surface area contributed by atoms with Gasteiger partial charge in [0.05, 0.1) is 13.2 Å². The quantitative estimate of drug-likeness (QED) is 0.728. The highest BCUT2D eigenvalue weighted by Crippen LogP contribution is 2.11. The van der Waals surface area contributed by atoms with Crippen molar-refractivity contribution in [2.24, 2.45) is 5.73 Å². The van der Waals surface area contributed by atoms with Crippen molar-refractivity contribution in [3.8, 4) is 0 Å². The van der Waals surface area contributed by atoms with Gasteiger partial charge in [0.2, 0.25) is 5.91 Å². The molecular formula is C14H20N2O3. The minimum absolute atomic E-state index is 0.00244. The van der Waals surface area contributed by atoms with E-state index in [1.807, 2.05) is 24.3 Å². The highest BCUT2D eigenvalue weighted by molar-refractivity contribution is 5.90. The molecule has 1 aliphatic rings. The predicted molar refractivity (Wildman–Crippen MR) is 72.8 cm³/mol. The number of carbonyl (C=O) groups excluding carboxylic acids is 1. The Balaban J connectivity index is 1.65. The molecule has 2 rings (SSSR count). The van der Waals surface area contributed by atoms with Gasteiger partial charge in [-0.2, -0.15) is 0 Å². The zero-order chi connectivity index (χ0) is 13.5. The standard InChI is InChI=1S/C14H20N2O3/c15-8-11-3-1-4-12(7-11)16-14(17)5-2-6-19-13-9-18-10-13/h1,3-4,7,13H,2,5-6,8-10,15H2,(H,16,17). The molecule has 0 radical (unpaired) electrons. The van der Waals surface area contributed by atoms with Crippen molar-refractivity contribution in [3.63, 3.8) is 0 Å². The van der Waals surface area contributed by atoms with Crippen LogP contribution in [-0.4, -0.2) is 31.8 Å². The van der Waals surface area contributed by atoms with E-state index in [1.54, 1.807) is 0 Å². The van der Waals surface area contributed by atoms with Gasteiger partial charge in [0.15, 0.2) is 0 Å². The van der Waals surface area contributed by atoms with Gasteiger partial charge in [0.25, 0.3) is 0 Å². The van der Waals surface area contributed by atoms with Crippen molar-refractivity contribution in [2.75, 3.05) is 25.1 Å². The van der Waals surface area contributed by atoms with Crippen LogP contribution in [0.1, 0.15) is 18.4 Å². The first-order chi connectivity index (χ1) is 9.28. The Morgan fingerprint density at radius 1 is 1.47 bits per heavy atom. The Labute approximate surface area is 113 Å². The normalized spacial score (nSPS) is 15.0. The maximum Gasteiger partial charge on any atom is 0.224 e. The second kappa shape index (κ2) is 7.23. The van der Waals surface area contributed by atoms with Crippen LogP contribution in [0.2, 0.25) is 0 Å². The fourth-order valence-electron chi connectivity index (χ4n) is 1.79. The fourth-order valence-corrected chi connectivity index (χ4v) is 1.79. The van der Waals surface area contributed by atoms with Crippen LogP contribution in [-0.2, 0) is 20.8 Å². The van der Waals surface area contributed by atoms with Gasteiger partial charge in [-0.05, 0) is 24.1 Å². The van der Waals surface area contributed by atoms with Crippen LogP contribution in [0, 0.1) is 0 Å². The molecule has 0 unspecified atom stereocenters. The summed E-state index contributed by atoms with van der Waals surface area (Å²) in [4.78, 5) is 11.7. The monoisotopic (exact) mass is 264 g/mol. The summed E-state index contributed by atoms with van der Waals surface area (Å²) < 4.78 is 10.5. The molecule has 104 valence electrons. The molecule has 5 nitrogen and oxygen atoms in total. The van der Waals surface area contributed by atoms with E-state index in [2.05, 4.69) is 5.32 Å². The van der Waals surface area contributed by atoms with Crippen LogP contribution in [0.25, 0.3) is 0 Å². The summed E-state index contributed by atoms with van der Waals surface area (Å²) in [5.74, 6) is 0.00244. The second-order valence-corrected chi connectivity index (χ2v) is 4.59. The Kier molecular flexibility index (Phi) is 5.32. The molecule has 0 bridgehead atoms. The molecule has 0 atom stereocenters. The first kappa shape index (κ1) is 14.0. The predicted octanol–water partition coefficient (Wildman–Crippen LogP) is 1.28. The Morgan fingerprint density at radius 2 is 2.32 bits per heavy atom. The second-order valence-electron chi connectivity index (χ2n) is 4.59. The first-order valence-corrected chi connectivity index (χ1v) is 6.56. The zero-order valence-electron chi connectivity index (χ0n) is 10.9. The van der Waals surface area contributed by atoms with Gasteiger partial charge in [-0.25, -0.2) is 0 Å². The van der Waals surface area contributed by atoms with Crippen LogP contribution >= 0.6 is 0 Å². The van der Waals surface area contributed by atoms with E-state index in [1.165, 1.54) is 0 Å². The van der Waals surface area contributed by atoms with Crippen LogP contribution in [0.15, 0.2) is 24.3 Å². The number of amides is 1. The molecule has 1 fully saturated rings. The van der Waals surface area contributed by atoms with Crippen molar-refractivity contribution in [2.45, 2.75) is 25.5 Å².